The first kappa shape index (κ1) is 34.1. The lowest BCUT2D eigenvalue weighted by Crippen LogP contribution is -2.59. The van der Waals surface area contributed by atoms with Crippen LogP contribution in [-0.4, -0.2) is 63.2 Å². The van der Waals surface area contributed by atoms with E-state index in [1.807, 2.05) is 41.1 Å². The third-order valence-corrected chi connectivity index (χ3v) is 8.66. The van der Waals surface area contributed by atoms with Crippen molar-refractivity contribution in [2.45, 2.75) is 109 Å². The zero-order chi connectivity index (χ0) is 33.9. The highest BCUT2D eigenvalue weighted by Crippen LogP contribution is 2.49. The van der Waals surface area contributed by atoms with Gasteiger partial charge in [-0.3, -0.25) is 14.4 Å². The van der Waals surface area contributed by atoms with Crippen molar-refractivity contribution in [2.24, 2.45) is 5.92 Å². The molecule has 2 amide bonds. The van der Waals surface area contributed by atoms with E-state index in [2.05, 4.69) is 27.8 Å². The van der Waals surface area contributed by atoms with E-state index in [1.54, 1.807) is 40.9 Å². The van der Waals surface area contributed by atoms with Gasteiger partial charge in [0, 0.05) is 31.4 Å². The molecular formula is C36H46N4O7. The zero-order valence-corrected chi connectivity index (χ0v) is 28.1. The SMILES string of the molecule is CC(=O)O[C@@H]1CC2=C(C=CCC2)[C@@H]1n1cnc(C2CC2C(=O)[C@@H](COCc2ccccc2)NC(=O)C(C)(C)NC(=O)OC(C)(C)C)c1. The summed E-state index contributed by atoms with van der Waals surface area (Å²) in [5, 5.41) is 5.44. The van der Waals surface area contributed by atoms with Crippen molar-refractivity contribution in [3.63, 3.8) is 0 Å². The second-order valence-corrected chi connectivity index (χ2v) is 14.2. The van der Waals surface area contributed by atoms with Gasteiger partial charge in [-0.2, -0.15) is 0 Å². The van der Waals surface area contributed by atoms with Gasteiger partial charge in [-0.05, 0) is 65.0 Å². The zero-order valence-electron chi connectivity index (χ0n) is 28.1. The van der Waals surface area contributed by atoms with Gasteiger partial charge in [-0.1, -0.05) is 48.1 Å². The molecule has 2 aromatic rings. The fourth-order valence-electron chi connectivity index (χ4n) is 6.29. The number of hydrogen-bond donors (Lipinski definition) is 2. The number of nitrogens with zero attached hydrogens (tertiary/aromatic N) is 2. The molecular weight excluding hydrogens is 600 g/mol. The molecule has 5 rings (SSSR count). The Bertz CT molecular complexity index is 1550. The van der Waals surface area contributed by atoms with Gasteiger partial charge in [0.2, 0.25) is 5.91 Å². The summed E-state index contributed by atoms with van der Waals surface area (Å²) < 4.78 is 19.0. The molecule has 5 atom stereocenters. The summed E-state index contributed by atoms with van der Waals surface area (Å²) in [7, 11) is 0. The van der Waals surface area contributed by atoms with Crippen LogP contribution in [0.3, 0.4) is 0 Å². The van der Waals surface area contributed by atoms with Crippen LogP contribution in [0.25, 0.3) is 0 Å². The molecule has 0 spiro atoms. The molecule has 0 radical (unpaired) electrons. The second kappa shape index (κ2) is 13.9. The van der Waals surface area contributed by atoms with Crippen LogP contribution in [-0.2, 0) is 35.2 Å². The summed E-state index contributed by atoms with van der Waals surface area (Å²) in [6.45, 7) is 9.99. The van der Waals surface area contributed by atoms with Crippen molar-refractivity contribution in [2.75, 3.05) is 6.61 Å². The number of nitrogens with one attached hydrogen (secondary N) is 2. The number of ether oxygens (including phenoxy) is 3. The van der Waals surface area contributed by atoms with E-state index in [9.17, 15) is 19.2 Å². The van der Waals surface area contributed by atoms with Gasteiger partial charge in [-0.25, -0.2) is 9.78 Å². The van der Waals surface area contributed by atoms with Crippen LogP contribution in [0.5, 0.6) is 0 Å². The number of alkyl carbamates (subject to hydrolysis) is 1. The molecule has 11 heteroatoms. The Labute approximate surface area is 276 Å². The monoisotopic (exact) mass is 646 g/mol. The highest BCUT2D eigenvalue weighted by atomic mass is 16.6. The summed E-state index contributed by atoms with van der Waals surface area (Å²) in [4.78, 5) is 56.4. The van der Waals surface area contributed by atoms with E-state index in [4.69, 9.17) is 14.2 Å². The van der Waals surface area contributed by atoms with Crippen molar-refractivity contribution in [3.05, 3.63) is 77.4 Å². The van der Waals surface area contributed by atoms with Crippen molar-refractivity contribution < 1.29 is 33.4 Å². The van der Waals surface area contributed by atoms with Crippen LogP contribution in [0.1, 0.15) is 90.4 Å². The summed E-state index contributed by atoms with van der Waals surface area (Å²) in [6.07, 6.45) is 10.1. The van der Waals surface area contributed by atoms with E-state index in [-0.39, 0.29) is 48.9 Å². The molecule has 1 aromatic heterocycles. The predicted octanol–water partition coefficient (Wildman–Crippen LogP) is 5.08. The maximum absolute atomic E-state index is 13.9. The van der Waals surface area contributed by atoms with Crippen LogP contribution >= 0.6 is 0 Å². The number of rotatable bonds is 12. The van der Waals surface area contributed by atoms with Crippen LogP contribution in [0.2, 0.25) is 0 Å². The van der Waals surface area contributed by atoms with Crippen molar-refractivity contribution in [3.8, 4) is 0 Å². The molecule has 3 aliphatic carbocycles. The molecule has 1 heterocycles. The molecule has 0 saturated heterocycles. The molecule has 2 unspecified atom stereocenters. The lowest BCUT2D eigenvalue weighted by Gasteiger charge is -2.29. The van der Waals surface area contributed by atoms with E-state index < -0.39 is 29.2 Å². The Morgan fingerprint density at radius 2 is 1.83 bits per heavy atom. The molecule has 3 aliphatic rings. The number of Topliss-reactive ketones (excluding diaryl/α,β-unsaturated/α-hetero) is 1. The Morgan fingerprint density at radius 1 is 1.09 bits per heavy atom. The van der Waals surface area contributed by atoms with Gasteiger partial charge < -0.3 is 29.4 Å². The lowest BCUT2D eigenvalue weighted by atomic mass is 9.99. The van der Waals surface area contributed by atoms with Crippen molar-refractivity contribution in [1.82, 2.24) is 20.2 Å². The lowest BCUT2D eigenvalue weighted by molar-refractivity contribution is -0.147. The first-order valence-electron chi connectivity index (χ1n) is 16.3. The Hall–Kier alpha value is -4.25. The Morgan fingerprint density at radius 3 is 2.53 bits per heavy atom. The second-order valence-electron chi connectivity index (χ2n) is 14.2. The molecule has 252 valence electrons. The maximum atomic E-state index is 13.9. The highest BCUT2D eigenvalue weighted by molar-refractivity contribution is 5.96. The normalized spacial score (nSPS) is 22.7. The number of imidazole rings is 1. The minimum absolute atomic E-state index is 0.0327. The minimum atomic E-state index is -1.36. The van der Waals surface area contributed by atoms with Crippen LogP contribution in [0.4, 0.5) is 4.79 Å². The number of ketones is 1. The number of carbonyl (C=O) groups excluding carboxylic acids is 4. The molecule has 1 aromatic carbocycles. The van der Waals surface area contributed by atoms with Gasteiger partial charge in [0.05, 0.1) is 31.3 Å². The number of allylic oxidation sites excluding steroid dienone is 2. The number of amides is 2. The standard InChI is InChI=1S/C36H46N4O7/c1-22(41)46-30-16-24-14-10-11-15-25(24)31(30)40-18-28(37-21-40)26-17-27(26)32(42)29(20-45-19-23-12-8-7-9-13-23)38-33(43)36(5,6)39-34(44)47-35(2,3)4/h7-9,11-13,15,18,21,26-27,29-31H,10,14,16-17,19-20H2,1-6H3,(H,38,43)(H,39,44)/t26?,27?,29-,30-,31+/m1/s1. The fourth-order valence-corrected chi connectivity index (χ4v) is 6.29. The fraction of sp³-hybridized carbons (Fsp3) is 0.528. The average Bonchev–Trinajstić information content (AvgIpc) is 3.49. The first-order valence-corrected chi connectivity index (χ1v) is 16.3. The van der Waals surface area contributed by atoms with E-state index in [0.29, 0.717) is 12.8 Å². The molecule has 1 fully saturated rings. The number of aromatic nitrogens is 2. The average molecular weight is 647 g/mol. The molecule has 11 nitrogen and oxygen atoms in total. The third-order valence-electron chi connectivity index (χ3n) is 8.66. The Kier molecular flexibility index (Phi) is 10.0. The maximum Gasteiger partial charge on any atom is 0.408 e. The Balaban J connectivity index is 1.28. The number of esters is 1. The van der Waals surface area contributed by atoms with E-state index >= 15 is 0 Å². The van der Waals surface area contributed by atoms with Gasteiger partial charge in [0.15, 0.2) is 5.78 Å². The predicted molar refractivity (Wildman–Crippen MR) is 174 cm³/mol. The molecule has 1 saturated carbocycles. The smallest absolute Gasteiger partial charge is 0.408 e. The number of benzene rings is 1. The molecule has 2 N–H and O–H groups in total. The summed E-state index contributed by atoms with van der Waals surface area (Å²) >= 11 is 0. The topological polar surface area (TPSA) is 138 Å². The summed E-state index contributed by atoms with van der Waals surface area (Å²) in [6, 6.07) is 8.47. The van der Waals surface area contributed by atoms with E-state index in [0.717, 1.165) is 29.7 Å². The van der Waals surface area contributed by atoms with Gasteiger partial charge in [-0.15, -0.1) is 0 Å². The minimum Gasteiger partial charge on any atom is -0.460 e. The van der Waals surface area contributed by atoms with Crippen LogP contribution in [0.15, 0.2) is 66.2 Å². The first-order chi connectivity index (χ1) is 22.2. The molecule has 0 bridgehead atoms. The van der Waals surface area contributed by atoms with Gasteiger partial charge in [0.1, 0.15) is 23.3 Å². The van der Waals surface area contributed by atoms with Crippen LogP contribution in [0, 0.1) is 5.92 Å². The van der Waals surface area contributed by atoms with Crippen molar-refractivity contribution >= 4 is 23.8 Å². The summed E-state index contributed by atoms with van der Waals surface area (Å²) in [5.41, 5.74) is 2.09. The third kappa shape index (κ3) is 8.57. The van der Waals surface area contributed by atoms with E-state index in [1.165, 1.54) is 12.5 Å². The molecule has 0 aliphatic heterocycles. The van der Waals surface area contributed by atoms with Crippen LogP contribution < -0.4 is 10.6 Å². The number of hydrogen-bond acceptors (Lipinski definition) is 8. The quantitative estimate of drug-likeness (QED) is 0.305. The largest absolute Gasteiger partial charge is 0.460 e. The molecule has 47 heavy (non-hydrogen) atoms. The summed E-state index contributed by atoms with van der Waals surface area (Å²) in [5.74, 6) is -1.48. The van der Waals surface area contributed by atoms with Gasteiger partial charge in [0.25, 0.3) is 0 Å². The highest BCUT2D eigenvalue weighted by Gasteiger charge is 2.49. The van der Waals surface area contributed by atoms with Gasteiger partial charge >= 0.3 is 12.1 Å². The number of carbonyl (C=O) groups is 4. The van der Waals surface area contributed by atoms with Crippen molar-refractivity contribution in [1.29, 1.82) is 0 Å².